The second-order valence-corrected chi connectivity index (χ2v) is 15.2. The molecular formula is C39H46F2N6O3. The number of carbonyl (C=O) groups is 1. The van der Waals surface area contributed by atoms with Crippen LogP contribution in [0.5, 0.6) is 6.01 Å². The Morgan fingerprint density at radius 1 is 1.08 bits per heavy atom. The zero-order chi connectivity index (χ0) is 34.7. The average Bonchev–Trinajstić information content (AvgIpc) is 3.78. The highest BCUT2D eigenvalue weighted by Crippen LogP contribution is 2.44. The largest absolute Gasteiger partial charge is 0.461 e. The molecule has 5 heterocycles. The second-order valence-electron chi connectivity index (χ2n) is 15.2. The number of benzene rings is 2. The minimum absolute atomic E-state index is 0.120. The quantitative estimate of drug-likeness (QED) is 0.191. The van der Waals surface area contributed by atoms with Crippen LogP contribution in [-0.2, 0) is 11.2 Å². The van der Waals surface area contributed by atoms with Gasteiger partial charge in [0.05, 0.1) is 10.9 Å². The predicted octanol–water partition coefficient (Wildman–Crippen LogP) is 7.30. The third kappa shape index (κ3) is 5.71. The molecule has 4 aliphatic rings. The van der Waals surface area contributed by atoms with Gasteiger partial charge in [-0.25, -0.2) is 13.6 Å². The summed E-state index contributed by atoms with van der Waals surface area (Å²) in [6, 6.07) is 7.40. The molecule has 11 heteroatoms. The zero-order valence-corrected chi connectivity index (χ0v) is 29.5. The molecule has 3 saturated heterocycles. The van der Waals surface area contributed by atoms with Crippen molar-refractivity contribution in [1.29, 1.82) is 0 Å². The van der Waals surface area contributed by atoms with Crippen LogP contribution in [0.3, 0.4) is 0 Å². The van der Waals surface area contributed by atoms with Crippen molar-refractivity contribution in [3.8, 4) is 17.3 Å². The molecular weight excluding hydrogens is 638 g/mol. The van der Waals surface area contributed by atoms with Gasteiger partial charge in [-0.15, -0.1) is 0 Å². The maximum atomic E-state index is 17.1. The van der Waals surface area contributed by atoms with Crippen LogP contribution in [0.2, 0.25) is 0 Å². The Labute approximate surface area is 292 Å². The summed E-state index contributed by atoms with van der Waals surface area (Å²) in [5.41, 5.74) is 2.12. The predicted molar refractivity (Wildman–Crippen MR) is 190 cm³/mol. The molecule has 4 atom stereocenters. The summed E-state index contributed by atoms with van der Waals surface area (Å²) in [5.74, 6) is 0.971. The molecule has 0 N–H and O–H groups in total. The maximum Gasteiger partial charge on any atom is 0.409 e. The van der Waals surface area contributed by atoms with E-state index in [2.05, 4.69) is 9.80 Å². The fourth-order valence-corrected chi connectivity index (χ4v) is 9.38. The topological polar surface area (TPSA) is 83.9 Å². The summed E-state index contributed by atoms with van der Waals surface area (Å²) in [5, 5.41) is 2.08. The standard InChI is InChI=1S/C39H46F2N6O3/c1-5-28-31(40)10-9-26-15-23(2)16-29(32(26)28)34-33(41)35-30(18-42-34)36(46-19-24-7-8-25(17-24)20-46)44-37(43-35)50-22-39-12-6-14-47(39)27(11-13-39)21-49-38(48)45(3)4/h9-10,15-16,18,24-25,27H,5-8,11-14,17,19-22H2,1-4H3/t24?,25?,27-,39?/m1/s1. The van der Waals surface area contributed by atoms with Crippen LogP contribution in [0.1, 0.15) is 63.0 Å². The number of anilines is 1. The van der Waals surface area contributed by atoms with E-state index in [0.29, 0.717) is 59.2 Å². The van der Waals surface area contributed by atoms with E-state index in [1.54, 1.807) is 26.4 Å². The van der Waals surface area contributed by atoms with Gasteiger partial charge >= 0.3 is 12.1 Å². The van der Waals surface area contributed by atoms with Crippen molar-refractivity contribution in [2.75, 3.05) is 51.8 Å². The highest BCUT2D eigenvalue weighted by atomic mass is 19.1. The van der Waals surface area contributed by atoms with Gasteiger partial charge in [-0.3, -0.25) is 9.88 Å². The van der Waals surface area contributed by atoms with Gasteiger partial charge in [-0.2, -0.15) is 9.97 Å². The molecule has 0 radical (unpaired) electrons. The summed E-state index contributed by atoms with van der Waals surface area (Å²) in [6.45, 7) is 7.19. The smallest absolute Gasteiger partial charge is 0.409 e. The van der Waals surface area contributed by atoms with Gasteiger partial charge in [-0.05, 0) is 111 Å². The van der Waals surface area contributed by atoms with Crippen molar-refractivity contribution >= 4 is 33.6 Å². The second kappa shape index (κ2) is 12.9. The third-order valence-electron chi connectivity index (χ3n) is 11.7. The lowest BCUT2D eigenvalue weighted by molar-refractivity contribution is 0.0484. The first kappa shape index (κ1) is 33.0. The number of ether oxygens (including phenoxy) is 2. The van der Waals surface area contributed by atoms with Crippen LogP contribution in [0.25, 0.3) is 32.9 Å². The Hall–Kier alpha value is -4.12. The molecule has 1 amide bonds. The Balaban J connectivity index is 1.18. The van der Waals surface area contributed by atoms with Crippen LogP contribution < -0.4 is 9.64 Å². The molecule has 4 fully saturated rings. The normalized spacial score (nSPS) is 24.7. The summed E-state index contributed by atoms with van der Waals surface area (Å²) >= 11 is 0. The van der Waals surface area contributed by atoms with Crippen LogP contribution in [0, 0.1) is 30.4 Å². The lowest BCUT2D eigenvalue weighted by Crippen LogP contribution is -2.48. The van der Waals surface area contributed by atoms with Crippen LogP contribution >= 0.6 is 0 Å². The highest BCUT2D eigenvalue weighted by Gasteiger charge is 2.50. The molecule has 2 bridgehead atoms. The van der Waals surface area contributed by atoms with E-state index in [1.165, 1.54) is 30.2 Å². The van der Waals surface area contributed by atoms with E-state index >= 15 is 8.78 Å². The van der Waals surface area contributed by atoms with E-state index in [1.807, 2.05) is 26.0 Å². The number of aryl methyl sites for hydroxylation is 2. The molecule has 3 aliphatic heterocycles. The first-order valence-electron chi connectivity index (χ1n) is 18.2. The number of nitrogens with zero attached hydrogens (tertiary/aromatic N) is 6. The summed E-state index contributed by atoms with van der Waals surface area (Å²) < 4.78 is 44.3. The van der Waals surface area contributed by atoms with Crippen molar-refractivity contribution in [1.82, 2.24) is 24.8 Å². The Morgan fingerprint density at radius 3 is 2.64 bits per heavy atom. The van der Waals surface area contributed by atoms with Gasteiger partial charge in [-0.1, -0.05) is 19.1 Å². The molecule has 50 heavy (non-hydrogen) atoms. The minimum Gasteiger partial charge on any atom is -0.461 e. The first-order valence-corrected chi connectivity index (χ1v) is 18.2. The van der Waals surface area contributed by atoms with E-state index < -0.39 is 5.82 Å². The number of aromatic nitrogens is 3. The molecule has 3 unspecified atom stereocenters. The fourth-order valence-electron chi connectivity index (χ4n) is 9.38. The molecule has 8 rings (SSSR count). The molecule has 1 saturated carbocycles. The zero-order valence-electron chi connectivity index (χ0n) is 29.5. The summed E-state index contributed by atoms with van der Waals surface area (Å²) in [7, 11) is 3.37. The first-order chi connectivity index (χ1) is 24.1. The molecule has 264 valence electrons. The van der Waals surface area contributed by atoms with Gasteiger partial charge in [0, 0.05) is 45.0 Å². The SMILES string of the molecule is CCc1c(F)ccc2cc(C)cc(-c3ncc4c(N5CC6CCC(C6)C5)nc(OCC56CCCN5[C@@H](COC(=O)N(C)C)CC6)nc4c3F)c12. The number of amides is 1. The number of rotatable bonds is 8. The van der Waals surface area contributed by atoms with Crippen molar-refractivity contribution in [3.63, 3.8) is 0 Å². The van der Waals surface area contributed by atoms with Crippen molar-refractivity contribution in [3.05, 3.63) is 53.2 Å². The number of pyridine rings is 1. The fraction of sp³-hybridized carbons (Fsp3) is 0.538. The number of hydrogen-bond acceptors (Lipinski definition) is 8. The minimum atomic E-state index is -0.557. The molecule has 0 spiro atoms. The maximum absolute atomic E-state index is 17.1. The van der Waals surface area contributed by atoms with E-state index in [9.17, 15) is 4.79 Å². The number of hydrogen-bond donors (Lipinski definition) is 0. The monoisotopic (exact) mass is 684 g/mol. The van der Waals surface area contributed by atoms with Crippen LogP contribution in [0.15, 0.2) is 30.5 Å². The van der Waals surface area contributed by atoms with Gasteiger partial charge in [0.25, 0.3) is 0 Å². The van der Waals surface area contributed by atoms with Crippen molar-refractivity contribution in [2.24, 2.45) is 11.8 Å². The van der Waals surface area contributed by atoms with E-state index in [0.717, 1.165) is 56.3 Å². The van der Waals surface area contributed by atoms with Crippen LogP contribution in [0.4, 0.5) is 19.4 Å². The summed E-state index contributed by atoms with van der Waals surface area (Å²) in [4.78, 5) is 32.8. The third-order valence-corrected chi connectivity index (χ3v) is 11.7. The number of piperidine rings is 1. The van der Waals surface area contributed by atoms with Gasteiger partial charge in [0.15, 0.2) is 5.82 Å². The highest BCUT2D eigenvalue weighted by molar-refractivity contribution is 6.01. The molecule has 9 nitrogen and oxygen atoms in total. The van der Waals surface area contributed by atoms with E-state index in [-0.39, 0.29) is 40.7 Å². The molecule has 1 aliphatic carbocycles. The van der Waals surface area contributed by atoms with Gasteiger partial charge < -0.3 is 19.3 Å². The number of halogens is 2. The Morgan fingerprint density at radius 2 is 1.88 bits per heavy atom. The number of carbonyl (C=O) groups excluding carboxylic acids is 1. The van der Waals surface area contributed by atoms with Crippen molar-refractivity contribution < 1.29 is 23.0 Å². The van der Waals surface area contributed by atoms with Crippen molar-refractivity contribution in [2.45, 2.75) is 76.8 Å². The Bertz CT molecular complexity index is 1960. The van der Waals surface area contributed by atoms with Gasteiger partial charge in [0.1, 0.15) is 36.1 Å². The molecule has 2 aromatic carbocycles. The lowest BCUT2D eigenvalue weighted by atomic mass is 9.93. The molecule has 4 aromatic rings. The molecule has 2 aromatic heterocycles. The lowest BCUT2D eigenvalue weighted by Gasteiger charge is -2.35. The summed E-state index contributed by atoms with van der Waals surface area (Å²) in [6.07, 6.45) is 9.23. The van der Waals surface area contributed by atoms with Crippen LogP contribution in [-0.4, -0.2) is 89.4 Å². The van der Waals surface area contributed by atoms with E-state index in [4.69, 9.17) is 24.4 Å². The average molecular weight is 685 g/mol. The number of fused-ring (bicyclic) bond motifs is 5. The Kier molecular flexibility index (Phi) is 8.52. The van der Waals surface area contributed by atoms with Gasteiger partial charge in [0.2, 0.25) is 0 Å².